The Morgan fingerprint density at radius 2 is 1.58 bits per heavy atom. The largest absolute Gasteiger partial charge is 0.497 e. The fourth-order valence-electron chi connectivity index (χ4n) is 5.42. The molecule has 0 radical (unpaired) electrons. The minimum absolute atomic E-state index is 0.435. The van der Waals surface area contributed by atoms with Crippen LogP contribution in [-0.2, 0) is 6.42 Å². The van der Waals surface area contributed by atoms with Crippen LogP contribution in [0.4, 0.5) is 0 Å². The second kappa shape index (κ2) is 9.26. The minimum Gasteiger partial charge on any atom is -0.497 e. The molecule has 1 aromatic rings. The molecule has 0 bridgehead atoms. The van der Waals surface area contributed by atoms with E-state index in [1.807, 2.05) is 12.1 Å². The van der Waals surface area contributed by atoms with Crippen LogP contribution in [0.1, 0.15) is 83.1 Å². The third-order valence-electron chi connectivity index (χ3n) is 7.25. The molecule has 0 amide bonds. The lowest BCUT2D eigenvalue weighted by Crippen LogP contribution is -2.37. The topological polar surface area (TPSA) is 29.5 Å². The summed E-state index contributed by atoms with van der Waals surface area (Å²) in [5.41, 5.74) is 0.867. The Morgan fingerprint density at radius 1 is 0.962 bits per heavy atom. The molecule has 0 unspecified atom stereocenters. The Kier molecular flexibility index (Phi) is 7.03. The summed E-state index contributed by atoms with van der Waals surface area (Å²) >= 11 is 0. The molecule has 146 valence electrons. The average molecular weight is 359 g/mol. The van der Waals surface area contributed by atoms with Gasteiger partial charge in [-0.3, -0.25) is 0 Å². The molecule has 0 spiro atoms. The van der Waals surface area contributed by atoms with E-state index in [1.54, 1.807) is 7.11 Å². The first-order chi connectivity index (χ1) is 12.6. The van der Waals surface area contributed by atoms with E-state index >= 15 is 0 Å². The van der Waals surface area contributed by atoms with E-state index < -0.39 is 5.60 Å². The Morgan fingerprint density at radius 3 is 2.15 bits per heavy atom. The molecule has 2 saturated carbocycles. The van der Waals surface area contributed by atoms with Crippen LogP contribution in [0.2, 0.25) is 0 Å². The molecular formula is C24H38O2. The minimum atomic E-state index is -0.435. The van der Waals surface area contributed by atoms with Crippen LogP contribution in [0.5, 0.6) is 5.75 Å². The van der Waals surface area contributed by atoms with Crippen molar-refractivity contribution in [1.29, 1.82) is 0 Å². The van der Waals surface area contributed by atoms with Gasteiger partial charge in [0.15, 0.2) is 0 Å². The van der Waals surface area contributed by atoms with E-state index in [0.29, 0.717) is 0 Å². The number of methoxy groups -OCH3 is 1. The predicted octanol–water partition coefficient (Wildman–Crippen LogP) is 6.16. The maximum absolute atomic E-state index is 11.0. The molecule has 0 saturated heterocycles. The number of hydrogen-bond acceptors (Lipinski definition) is 2. The van der Waals surface area contributed by atoms with Crippen molar-refractivity contribution in [3.8, 4) is 5.75 Å². The number of rotatable bonds is 7. The summed E-state index contributed by atoms with van der Waals surface area (Å²) in [4.78, 5) is 0. The van der Waals surface area contributed by atoms with Crippen molar-refractivity contribution in [2.75, 3.05) is 7.11 Å². The number of hydrogen-bond donors (Lipinski definition) is 1. The van der Waals surface area contributed by atoms with E-state index in [2.05, 4.69) is 19.1 Å². The maximum atomic E-state index is 11.0. The molecule has 2 fully saturated rings. The third-order valence-corrected chi connectivity index (χ3v) is 7.25. The van der Waals surface area contributed by atoms with Crippen LogP contribution in [0, 0.1) is 17.8 Å². The average Bonchev–Trinajstić information content (AvgIpc) is 2.68. The zero-order chi connectivity index (χ0) is 18.4. The van der Waals surface area contributed by atoms with Gasteiger partial charge < -0.3 is 9.84 Å². The predicted molar refractivity (Wildman–Crippen MR) is 109 cm³/mol. The summed E-state index contributed by atoms with van der Waals surface area (Å²) in [6.07, 6.45) is 14.9. The zero-order valence-corrected chi connectivity index (χ0v) is 16.9. The molecule has 1 N–H and O–H groups in total. The number of ether oxygens (including phenoxy) is 1. The highest BCUT2D eigenvalue weighted by atomic mass is 16.5. The fourth-order valence-corrected chi connectivity index (χ4v) is 5.42. The molecule has 3 rings (SSSR count). The molecule has 0 atom stereocenters. The van der Waals surface area contributed by atoms with Gasteiger partial charge in [-0.2, -0.15) is 0 Å². The molecule has 2 aliphatic carbocycles. The second-order valence-corrected chi connectivity index (χ2v) is 8.98. The van der Waals surface area contributed by atoms with Gasteiger partial charge in [-0.05, 0) is 86.8 Å². The molecule has 2 aliphatic rings. The summed E-state index contributed by atoms with van der Waals surface area (Å²) in [6, 6.07) is 8.29. The standard InChI is InChI=1S/C24H38O2/c1-3-4-19-5-9-21(10-6-19)22-14-17-24(25,18-15-22)16-13-20-7-11-23(26-2)12-8-20/h7-8,11-12,19,21-22,25H,3-6,9-10,13-18H2,1-2H3/t19?,21?,22-,24+. The number of aryl methyl sites for hydroxylation is 1. The van der Waals surface area contributed by atoms with Gasteiger partial charge in [-0.15, -0.1) is 0 Å². The molecule has 2 heteroatoms. The van der Waals surface area contributed by atoms with E-state index in [1.165, 1.54) is 56.9 Å². The van der Waals surface area contributed by atoms with Crippen molar-refractivity contribution in [2.45, 2.75) is 89.6 Å². The number of benzene rings is 1. The number of aliphatic hydroxyl groups is 1. The smallest absolute Gasteiger partial charge is 0.118 e. The summed E-state index contributed by atoms with van der Waals surface area (Å²) in [5.74, 6) is 3.72. The van der Waals surface area contributed by atoms with Gasteiger partial charge in [-0.25, -0.2) is 0 Å². The van der Waals surface area contributed by atoms with Crippen molar-refractivity contribution in [3.05, 3.63) is 29.8 Å². The maximum Gasteiger partial charge on any atom is 0.118 e. The van der Waals surface area contributed by atoms with Crippen LogP contribution in [0.3, 0.4) is 0 Å². The van der Waals surface area contributed by atoms with Gasteiger partial charge >= 0.3 is 0 Å². The lowest BCUT2D eigenvalue weighted by molar-refractivity contribution is -0.0274. The van der Waals surface area contributed by atoms with Crippen LogP contribution in [0.25, 0.3) is 0 Å². The quantitative estimate of drug-likeness (QED) is 0.633. The first-order valence-corrected chi connectivity index (χ1v) is 11.0. The van der Waals surface area contributed by atoms with E-state index in [-0.39, 0.29) is 0 Å². The fraction of sp³-hybridized carbons (Fsp3) is 0.750. The summed E-state index contributed by atoms with van der Waals surface area (Å²) in [5, 5.41) is 11.0. The monoisotopic (exact) mass is 358 g/mol. The van der Waals surface area contributed by atoms with Crippen molar-refractivity contribution in [3.63, 3.8) is 0 Å². The first-order valence-electron chi connectivity index (χ1n) is 11.0. The normalized spacial score (nSPS) is 32.3. The first kappa shape index (κ1) is 19.7. The van der Waals surface area contributed by atoms with Crippen LogP contribution in [-0.4, -0.2) is 17.8 Å². The van der Waals surface area contributed by atoms with Gasteiger partial charge in [0, 0.05) is 0 Å². The zero-order valence-electron chi connectivity index (χ0n) is 16.9. The highest BCUT2D eigenvalue weighted by Crippen LogP contribution is 2.44. The highest BCUT2D eigenvalue weighted by molar-refractivity contribution is 5.27. The van der Waals surface area contributed by atoms with Crippen LogP contribution < -0.4 is 4.74 Å². The molecule has 26 heavy (non-hydrogen) atoms. The van der Waals surface area contributed by atoms with E-state index in [0.717, 1.165) is 49.2 Å². The van der Waals surface area contributed by atoms with Crippen LogP contribution in [0.15, 0.2) is 24.3 Å². The van der Waals surface area contributed by atoms with Gasteiger partial charge in [0.2, 0.25) is 0 Å². The van der Waals surface area contributed by atoms with E-state index in [4.69, 9.17) is 4.74 Å². The Bertz CT molecular complexity index is 520. The molecule has 0 aromatic heterocycles. The Balaban J connectivity index is 1.42. The Hall–Kier alpha value is -1.02. The third kappa shape index (κ3) is 5.25. The lowest BCUT2D eigenvalue weighted by atomic mass is 9.67. The van der Waals surface area contributed by atoms with Gasteiger partial charge in [0.25, 0.3) is 0 Å². The van der Waals surface area contributed by atoms with Gasteiger partial charge in [0.1, 0.15) is 5.75 Å². The molecule has 0 heterocycles. The van der Waals surface area contributed by atoms with Crippen molar-refractivity contribution in [2.24, 2.45) is 17.8 Å². The SMILES string of the molecule is CCCC1CCC([C@H]2CC[C@](O)(CCc3ccc(OC)cc3)CC2)CC1. The Labute approximate surface area is 160 Å². The van der Waals surface area contributed by atoms with Crippen LogP contribution >= 0.6 is 0 Å². The molecule has 1 aromatic carbocycles. The van der Waals surface area contributed by atoms with E-state index in [9.17, 15) is 5.11 Å². The molecule has 2 nitrogen and oxygen atoms in total. The van der Waals surface area contributed by atoms with Gasteiger partial charge in [-0.1, -0.05) is 44.7 Å². The summed E-state index contributed by atoms with van der Waals surface area (Å²) in [7, 11) is 1.70. The second-order valence-electron chi connectivity index (χ2n) is 8.98. The molecular weight excluding hydrogens is 320 g/mol. The lowest BCUT2D eigenvalue weighted by Gasteiger charge is -2.41. The summed E-state index contributed by atoms with van der Waals surface area (Å²) < 4.78 is 5.22. The van der Waals surface area contributed by atoms with Crippen molar-refractivity contribution >= 4 is 0 Å². The van der Waals surface area contributed by atoms with Crippen molar-refractivity contribution in [1.82, 2.24) is 0 Å². The van der Waals surface area contributed by atoms with Crippen molar-refractivity contribution < 1.29 is 9.84 Å². The summed E-state index contributed by atoms with van der Waals surface area (Å²) in [6.45, 7) is 2.32. The highest BCUT2D eigenvalue weighted by Gasteiger charge is 2.36. The van der Waals surface area contributed by atoms with Gasteiger partial charge in [0.05, 0.1) is 12.7 Å². The molecule has 0 aliphatic heterocycles.